The molecule has 0 spiro atoms. The molecule has 1 aliphatic rings. The highest BCUT2D eigenvalue weighted by atomic mass is 15.0. The van der Waals surface area contributed by atoms with E-state index in [1.807, 2.05) is 6.92 Å². The van der Waals surface area contributed by atoms with Crippen molar-refractivity contribution < 1.29 is 0 Å². The molecule has 0 radical (unpaired) electrons. The van der Waals surface area contributed by atoms with Crippen molar-refractivity contribution in [3.63, 3.8) is 0 Å². The Kier molecular flexibility index (Phi) is 1.53. The number of hydrogen-bond acceptors (Lipinski definition) is 3. The third-order valence-corrected chi connectivity index (χ3v) is 2.33. The first kappa shape index (κ1) is 7.53. The maximum Gasteiger partial charge on any atom is 0.134 e. The van der Waals surface area contributed by atoms with Crippen LogP contribution in [0.4, 0.5) is 5.82 Å². The number of nitrogen functional groups attached to an aromatic ring is 1. The minimum atomic E-state index is 0.562. The maximum atomic E-state index is 5.62. The summed E-state index contributed by atoms with van der Waals surface area (Å²) in [5.74, 6) is 2.83. The fourth-order valence-corrected chi connectivity index (χ4v) is 1.46. The minimum Gasteiger partial charge on any atom is -0.384 e. The average Bonchev–Trinajstić information content (AvgIpc) is 2.64. The normalized spacial score (nSPS) is 27.2. The molecule has 64 valence electrons. The Bertz CT molecular complexity index is 288. The van der Waals surface area contributed by atoms with Gasteiger partial charge in [0.15, 0.2) is 0 Å². The lowest BCUT2D eigenvalue weighted by Gasteiger charge is -2.00. The molecule has 1 saturated carbocycles. The smallest absolute Gasteiger partial charge is 0.134 e. The van der Waals surface area contributed by atoms with Crippen molar-refractivity contribution in [1.82, 2.24) is 9.97 Å². The molecule has 1 aromatic heterocycles. The molecule has 0 aliphatic heterocycles. The Balaban J connectivity index is 2.32. The van der Waals surface area contributed by atoms with Gasteiger partial charge < -0.3 is 5.73 Å². The van der Waals surface area contributed by atoms with Crippen molar-refractivity contribution in [3.05, 3.63) is 17.6 Å². The van der Waals surface area contributed by atoms with Gasteiger partial charge in [-0.1, -0.05) is 6.92 Å². The van der Waals surface area contributed by atoms with E-state index in [1.54, 1.807) is 6.07 Å². The lowest BCUT2D eigenvalue weighted by molar-refractivity contribution is 0.836. The van der Waals surface area contributed by atoms with Gasteiger partial charge in [-0.05, 0) is 19.3 Å². The van der Waals surface area contributed by atoms with E-state index in [0.29, 0.717) is 11.7 Å². The zero-order valence-corrected chi connectivity index (χ0v) is 7.41. The molecule has 3 heteroatoms. The molecule has 12 heavy (non-hydrogen) atoms. The Morgan fingerprint density at radius 3 is 2.67 bits per heavy atom. The number of anilines is 1. The molecule has 1 heterocycles. The zero-order valence-electron chi connectivity index (χ0n) is 7.41. The first-order valence-corrected chi connectivity index (χ1v) is 4.28. The second-order valence-corrected chi connectivity index (χ2v) is 3.61. The summed E-state index contributed by atoms with van der Waals surface area (Å²) >= 11 is 0. The van der Waals surface area contributed by atoms with Gasteiger partial charge >= 0.3 is 0 Å². The van der Waals surface area contributed by atoms with Gasteiger partial charge in [-0.2, -0.15) is 0 Å². The molecule has 2 unspecified atom stereocenters. The van der Waals surface area contributed by atoms with Crippen LogP contribution < -0.4 is 5.73 Å². The second kappa shape index (κ2) is 2.44. The molecule has 1 aromatic rings. The summed E-state index contributed by atoms with van der Waals surface area (Å²) in [7, 11) is 0. The Morgan fingerprint density at radius 2 is 2.17 bits per heavy atom. The van der Waals surface area contributed by atoms with Crippen LogP contribution in [0, 0.1) is 12.8 Å². The molecule has 1 aliphatic carbocycles. The molecule has 2 N–H and O–H groups in total. The van der Waals surface area contributed by atoms with Crippen LogP contribution in [0.25, 0.3) is 0 Å². The van der Waals surface area contributed by atoms with Crippen LogP contribution in [0.3, 0.4) is 0 Å². The molecule has 0 saturated heterocycles. The van der Waals surface area contributed by atoms with E-state index in [2.05, 4.69) is 16.9 Å². The van der Waals surface area contributed by atoms with Gasteiger partial charge in [0, 0.05) is 17.7 Å². The van der Waals surface area contributed by atoms with Crippen LogP contribution in [0.15, 0.2) is 6.07 Å². The SMILES string of the molecule is Cc1cc(N)nc(C2CC2C)n1. The quantitative estimate of drug-likeness (QED) is 0.682. The average molecular weight is 163 g/mol. The van der Waals surface area contributed by atoms with Crippen LogP contribution in [0.5, 0.6) is 0 Å². The number of hydrogen-bond donors (Lipinski definition) is 1. The Labute approximate surface area is 72.0 Å². The van der Waals surface area contributed by atoms with Crippen molar-refractivity contribution >= 4 is 5.82 Å². The summed E-state index contributed by atoms with van der Waals surface area (Å²) in [5, 5.41) is 0. The summed E-state index contributed by atoms with van der Waals surface area (Å²) < 4.78 is 0. The predicted molar refractivity (Wildman–Crippen MR) is 47.7 cm³/mol. The van der Waals surface area contributed by atoms with Gasteiger partial charge in [-0.3, -0.25) is 0 Å². The first-order chi connectivity index (χ1) is 5.66. The van der Waals surface area contributed by atoms with Gasteiger partial charge in [-0.15, -0.1) is 0 Å². The first-order valence-electron chi connectivity index (χ1n) is 4.28. The van der Waals surface area contributed by atoms with Gasteiger partial charge in [-0.25, -0.2) is 9.97 Å². The molecule has 1 fully saturated rings. The third kappa shape index (κ3) is 1.26. The molecule has 3 nitrogen and oxygen atoms in total. The standard InChI is InChI=1S/C9H13N3/c1-5-3-7(5)9-11-6(2)4-8(10)12-9/h4-5,7H,3H2,1-2H3,(H2,10,11,12). The van der Waals surface area contributed by atoms with Crippen LogP contribution in [0.2, 0.25) is 0 Å². The van der Waals surface area contributed by atoms with Gasteiger partial charge in [0.05, 0.1) is 0 Å². The van der Waals surface area contributed by atoms with Gasteiger partial charge in [0.1, 0.15) is 11.6 Å². The van der Waals surface area contributed by atoms with E-state index >= 15 is 0 Å². The molecular weight excluding hydrogens is 150 g/mol. The van der Waals surface area contributed by atoms with Crippen molar-refractivity contribution in [1.29, 1.82) is 0 Å². The summed E-state index contributed by atoms with van der Waals surface area (Å²) in [6, 6.07) is 1.80. The summed E-state index contributed by atoms with van der Waals surface area (Å²) in [6.45, 7) is 4.17. The number of nitrogens with zero attached hydrogens (tertiary/aromatic N) is 2. The van der Waals surface area contributed by atoms with Gasteiger partial charge in [0.25, 0.3) is 0 Å². The lowest BCUT2D eigenvalue weighted by atomic mass is 10.3. The van der Waals surface area contributed by atoms with Crippen LogP contribution in [0.1, 0.15) is 30.8 Å². The number of nitrogens with two attached hydrogens (primary N) is 1. The molecule has 0 aromatic carbocycles. The highest BCUT2D eigenvalue weighted by molar-refractivity contribution is 5.31. The lowest BCUT2D eigenvalue weighted by Crippen LogP contribution is -2.00. The third-order valence-electron chi connectivity index (χ3n) is 2.33. The number of aromatic nitrogens is 2. The van der Waals surface area contributed by atoms with Crippen molar-refractivity contribution in [2.24, 2.45) is 5.92 Å². The highest BCUT2D eigenvalue weighted by Crippen LogP contribution is 2.45. The summed E-state index contributed by atoms with van der Waals surface area (Å²) in [4.78, 5) is 8.57. The van der Waals surface area contributed by atoms with E-state index in [4.69, 9.17) is 5.73 Å². The van der Waals surface area contributed by atoms with E-state index in [9.17, 15) is 0 Å². The molecular formula is C9H13N3. The van der Waals surface area contributed by atoms with Gasteiger partial charge in [0.2, 0.25) is 0 Å². The molecule has 2 atom stereocenters. The number of aryl methyl sites for hydroxylation is 1. The number of rotatable bonds is 1. The predicted octanol–water partition coefficient (Wildman–Crippen LogP) is 1.49. The largest absolute Gasteiger partial charge is 0.384 e. The molecule has 0 bridgehead atoms. The fraction of sp³-hybridized carbons (Fsp3) is 0.556. The maximum absolute atomic E-state index is 5.62. The van der Waals surface area contributed by atoms with Crippen molar-refractivity contribution in [2.45, 2.75) is 26.2 Å². The zero-order chi connectivity index (χ0) is 8.72. The van der Waals surface area contributed by atoms with E-state index in [0.717, 1.165) is 17.4 Å². The molecule has 2 rings (SSSR count). The van der Waals surface area contributed by atoms with Crippen LogP contribution in [-0.2, 0) is 0 Å². The topological polar surface area (TPSA) is 51.8 Å². The van der Waals surface area contributed by atoms with Crippen LogP contribution >= 0.6 is 0 Å². The Hall–Kier alpha value is -1.12. The summed E-state index contributed by atoms with van der Waals surface area (Å²) in [6.07, 6.45) is 1.21. The van der Waals surface area contributed by atoms with Crippen molar-refractivity contribution in [2.75, 3.05) is 5.73 Å². The summed E-state index contributed by atoms with van der Waals surface area (Å²) in [5.41, 5.74) is 6.59. The van der Waals surface area contributed by atoms with E-state index in [-0.39, 0.29) is 0 Å². The molecule has 0 amide bonds. The highest BCUT2D eigenvalue weighted by Gasteiger charge is 2.36. The monoisotopic (exact) mass is 163 g/mol. The minimum absolute atomic E-state index is 0.562. The fourth-order valence-electron chi connectivity index (χ4n) is 1.46. The van der Waals surface area contributed by atoms with Crippen LogP contribution in [-0.4, -0.2) is 9.97 Å². The second-order valence-electron chi connectivity index (χ2n) is 3.61. The van der Waals surface area contributed by atoms with Crippen molar-refractivity contribution in [3.8, 4) is 0 Å². The van der Waals surface area contributed by atoms with E-state index in [1.165, 1.54) is 6.42 Å². The Morgan fingerprint density at radius 1 is 1.50 bits per heavy atom. The van der Waals surface area contributed by atoms with E-state index < -0.39 is 0 Å².